The first kappa shape index (κ1) is 41.9. The van der Waals surface area contributed by atoms with Crippen molar-refractivity contribution in [2.45, 2.75) is 245 Å². The van der Waals surface area contributed by atoms with Crippen molar-refractivity contribution >= 4 is 0 Å². The van der Waals surface area contributed by atoms with E-state index in [9.17, 15) is 0 Å². The number of rotatable bonds is 37. The van der Waals surface area contributed by atoms with Gasteiger partial charge in [0, 0.05) is 13.2 Å². The maximum Gasteiger partial charge on any atom is 0.0801 e. The summed E-state index contributed by atoms with van der Waals surface area (Å²) in [5.41, 5.74) is 6.17. The second kappa shape index (κ2) is 35.4. The third-order valence-electron chi connectivity index (χ3n) is 9.91. The first-order valence-corrected chi connectivity index (χ1v) is 20.1. The van der Waals surface area contributed by atoms with Gasteiger partial charge in [-0.3, -0.25) is 0 Å². The van der Waals surface area contributed by atoms with Crippen LogP contribution in [0.1, 0.15) is 239 Å². The molecule has 0 saturated heterocycles. The SMILES string of the molecule is CCCCCCCCCCCCCCCCCCOC(CC)(CN)CCCCCCCCCCCCCCCCCC. The summed E-state index contributed by atoms with van der Waals surface area (Å²) < 4.78 is 6.45. The molecule has 0 heterocycles. The zero-order valence-corrected chi connectivity index (χ0v) is 29.9. The Hall–Kier alpha value is -0.0800. The molecule has 0 aromatic carbocycles. The van der Waals surface area contributed by atoms with Crippen molar-refractivity contribution in [2.24, 2.45) is 5.73 Å². The van der Waals surface area contributed by atoms with Gasteiger partial charge in [-0.1, -0.05) is 220 Å². The highest BCUT2D eigenvalue weighted by molar-refractivity contribution is 4.80. The zero-order chi connectivity index (χ0) is 30.7. The van der Waals surface area contributed by atoms with Crippen LogP contribution in [0.3, 0.4) is 0 Å². The number of nitrogens with two attached hydrogens (primary N) is 1. The fourth-order valence-electron chi connectivity index (χ4n) is 6.59. The minimum absolute atomic E-state index is 0.0640. The molecule has 0 fully saturated rings. The Bertz CT molecular complexity index is 474. The van der Waals surface area contributed by atoms with E-state index in [0.717, 1.165) is 19.4 Å². The van der Waals surface area contributed by atoms with Crippen molar-refractivity contribution in [2.75, 3.05) is 13.2 Å². The van der Waals surface area contributed by atoms with Crippen LogP contribution in [0.2, 0.25) is 0 Å². The van der Waals surface area contributed by atoms with E-state index < -0.39 is 0 Å². The van der Waals surface area contributed by atoms with Gasteiger partial charge in [-0.2, -0.15) is 0 Å². The standard InChI is InChI=1S/C40H83NO/c1-4-7-9-11-13-15-17-19-21-23-25-27-29-31-33-35-37-40(6-3,39-41)42-38-36-34-32-30-28-26-24-22-20-18-16-14-12-10-8-5-2/h4-39,41H2,1-3H3. The van der Waals surface area contributed by atoms with Gasteiger partial charge in [0.1, 0.15) is 0 Å². The average Bonchev–Trinajstić information content (AvgIpc) is 3.01. The van der Waals surface area contributed by atoms with Crippen LogP contribution in [0.4, 0.5) is 0 Å². The second-order valence-electron chi connectivity index (χ2n) is 13.9. The molecule has 0 rings (SSSR count). The van der Waals surface area contributed by atoms with Gasteiger partial charge in [-0.15, -0.1) is 0 Å². The average molecular weight is 594 g/mol. The van der Waals surface area contributed by atoms with E-state index in [1.54, 1.807) is 0 Å². The van der Waals surface area contributed by atoms with Crippen molar-refractivity contribution in [3.8, 4) is 0 Å². The molecule has 0 aliphatic carbocycles. The second-order valence-corrected chi connectivity index (χ2v) is 13.9. The van der Waals surface area contributed by atoms with Gasteiger partial charge in [-0.25, -0.2) is 0 Å². The largest absolute Gasteiger partial charge is 0.374 e. The Kier molecular flexibility index (Phi) is 35.3. The lowest BCUT2D eigenvalue weighted by Gasteiger charge is -2.32. The van der Waals surface area contributed by atoms with Crippen LogP contribution < -0.4 is 5.73 Å². The number of hydrogen-bond acceptors (Lipinski definition) is 2. The summed E-state index contributed by atoms with van der Waals surface area (Å²) in [6.07, 6.45) is 47.7. The van der Waals surface area contributed by atoms with Crippen LogP contribution in [0, 0.1) is 0 Å². The molecule has 0 amide bonds. The molecule has 0 aromatic rings. The Morgan fingerprint density at radius 1 is 0.357 bits per heavy atom. The third kappa shape index (κ3) is 30.0. The quantitative estimate of drug-likeness (QED) is 0.0727. The molecular formula is C40H83NO. The molecular weight excluding hydrogens is 510 g/mol. The summed E-state index contributed by atoms with van der Waals surface area (Å²) in [5.74, 6) is 0. The lowest BCUT2D eigenvalue weighted by atomic mass is 9.92. The van der Waals surface area contributed by atoms with Gasteiger partial charge in [-0.05, 0) is 19.3 Å². The zero-order valence-electron chi connectivity index (χ0n) is 29.9. The maximum atomic E-state index is 6.45. The summed E-state index contributed by atoms with van der Waals surface area (Å²) in [5, 5.41) is 0. The van der Waals surface area contributed by atoms with Crippen LogP contribution in [-0.2, 0) is 4.74 Å². The minimum atomic E-state index is -0.0640. The molecule has 0 radical (unpaired) electrons. The van der Waals surface area contributed by atoms with Crippen molar-refractivity contribution in [1.82, 2.24) is 0 Å². The Labute approximate surface area is 267 Å². The van der Waals surface area contributed by atoms with Gasteiger partial charge in [0.05, 0.1) is 5.60 Å². The molecule has 0 aliphatic heterocycles. The van der Waals surface area contributed by atoms with Gasteiger partial charge in [0.15, 0.2) is 0 Å². The van der Waals surface area contributed by atoms with E-state index in [4.69, 9.17) is 10.5 Å². The Morgan fingerprint density at radius 2 is 0.619 bits per heavy atom. The first-order valence-electron chi connectivity index (χ1n) is 20.1. The summed E-state index contributed by atoms with van der Waals surface area (Å²) >= 11 is 0. The van der Waals surface area contributed by atoms with E-state index >= 15 is 0 Å². The highest BCUT2D eigenvalue weighted by Gasteiger charge is 2.26. The maximum absolute atomic E-state index is 6.45. The monoisotopic (exact) mass is 594 g/mol. The Balaban J connectivity index is 3.49. The predicted molar refractivity (Wildman–Crippen MR) is 192 cm³/mol. The van der Waals surface area contributed by atoms with Crippen molar-refractivity contribution in [3.05, 3.63) is 0 Å². The van der Waals surface area contributed by atoms with E-state index in [2.05, 4.69) is 20.8 Å². The fraction of sp³-hybridized carbons (Fsp3) is 1.00. The molecule has 1 atom stereocenters. The van der Waals surface area contributed by atoms with Gasteiger partial charge in [0.25, 0.3) is 0 Å². The highest BCUT2D eigenvalue weighted by atomic mass is 16.5. The molecule has 0 spiro atoms. The molecule has 2 N–H and O–H groups in total. The fourth-order valence-corrected chi connectivity index (χ4v) is 6.59. The minimum Gasteiger partial charge on any atom is -0.374 e. The van der Waals surface area contributed by atoms with Crippen molar-refractivity contribution in [1.29, 1.82) is 0 Å². The molecule has 0 bridgehead atoms. The van der Waals surface area contributed by atoms with E-state index in [1.807, 2.05) is 0 Å². The molecule has 42 heavy (non-hydrogen) atoms. The van der Waals surface area contributed by atoms with Gasteiger partial charge < -0.3 is 10.5 Å². The van der Waals surface area contributed by atoms with E-state index in [0.29, 0.717) is 6.54 Å². The molecule has 1 unspecified atom stereocenters. The summed E-state index contributed by atoms with van der Waals surface area (Å²) in [6, 6.07) is 0. The summed E-state index contributed by atoms with van der Waals surface area (Å²) in [4.78, 5) is 0. The van der Waals surface area contributed by atoms with E-state index in [-0.39, 0.29) is 5.60 Å². The Morgan fingerprint density at radius 3 is 0.881 bits per heavy atom. The van der Waals surface area contributed by atoms with Crippen molar-refractivity contribution < 1.29 is 4.74 Å². The molecule has 254 valence electrons. The highest BCUT2D eigenvalue weighted by Crippen LogP contribution is 2.24. The lowest BCUT2D eigenvalue weighted by Crippen LogP contribution is -2.40. The smallest absolute Gasteiger partial charge is 0.0801 e. The number of hydrogen-bond donors (Lipinski definition) is 1. The third-order valence-corrected chi connectivity index (χ3v) is 9.91. The lowest BCUT2D eigenvalue weighted by molar-refractivity contribution is -0.0506. The van der Waals surface area contributed by atoms with Crippen LogP contribution in [0.15, 0.2) is 0 Å². The predicted octanol–water partition coefficient (Wildman–Crippen LogP) is 14.0. The van der Waals surface area contributed by atoms with Crippen LogP contribution in [-0.4, -0.2) is 18.8 Å². The first-order chi connectivity index (χ1) is 20.7. The van der Waals surface area contributed by atoms with Crippen LogP contribution in [0.5, 0.6) is 0 Å². The van der Waals surface area contributed by atoms with Gasteiger partial charge in [0.2, 0.25) is 0 Å². The number of unbranched alkanes of at least 4 members (excludes halogenated alkanes) is 30. The molecule has 0 aromatic heterocycles. The number of ether oxygens (including phenoxy) is 1. The van der Waals surface area contributed by atoms with E-state index in [1.165, 1.54) is 205 Å². The van der Waals surface area contributed by atoms with Crippen LogP contribution in [0.25, 0.3) is 0 Å². The molecule has 0 saturated carbocycles. The summed E-state index contributed by atoms with van der Waals surface area (Å²) in [7, 11) is 0. The topological polar surface area (TPSA) is 35.2 Å². The van der Waals surface area contributed by atoms with Crippen LogP contribution >= 0.6 is 0 Å². The van der Waals surface area contributed by atoms with Crippen molar-refractivity contribution in [3.63, 3.8) is 0 Å². The molecule has 0 aliphatic rings. The molecule has 2 heteroatoms. The summed E-state index contributed by atoms with van der Waals surface area (Å²) in [6.45, 7) is 8.46. The normalized spacial score (nSPS) is 13.1. The molecule has 2 nitrogen and oxygen atoms in total. The van der Waals surface area contributed by atoms with Gasteiger partial charge >= 0.3 is 0 Å².